The predicted octanol–water partition coefficient (Wildman–Crippen LogP) is 14.5. The van der Waals surface area contributed by atoms with Gasteiger partial charge < -0.3 is 24.4 Å². The predicted molar refractivity (Wildman–Crippen MR) is 259 cm³/mol. The minimum Gasteiger partial charge on any atom is -0.371 e. The van der Waals surface area contributed by atoms with Crippen molar-refractivity contribution in [1.29, 1.82) is 0 Å². The van der Waals surface area contributed by atoms with E-state index < -0.39 is 12.6 Å². The Hall–Kier alpha value is -0.720. The number of aliphatic hydroxyl groups excluding tert-OH is 2. The van der Waals surface area contributed by atoms with Crippen molar-refractivity contribution < 1.29 is 24.4 Å². The Kier molecular flexibility index (Phi) is 15.2. The summed E-state index contributed by atoms with van der Waals surface area (Å²) in [4.78, 5) is 0. The molecule has 0 aromatic rings. The van der Waals surface area contributed by atoms with Crippen LogP contribution in [0.1, 0.15) is 210 Å². The highest BCUT2D eigenvalue weighted by Crippen LogP contribution is 2.69. The lowest BCUT2D eigenvalue weighted by Gasteiger charge is -2.58. The number of fused-ring (bicyclic) bond motifs is 10. The van der Waals surface area contributed by atoms with Gasteiger partial charge in [-0.05, 0) is 195 Å². The highest BCUT2D eigenvalue weighted by atomic mass is 16.7. The number of hydrogen-bond acceptors (Lipinski definition) is 5. The summed E-state index contributed by atoms with van der Waals surface area (Å²) >= 11 is 0. The van der Waals surface area contributed by atoms with E-state index in [1.807, 2.05) is 0 Å². The Balaban J connectivity index is 0.766. The fourth-order valence-corrected chi connectivity index (χ4v) is 18.3. The molecule has 0 radical (unpaired) electrons. The van der Waals surface area contributed by atoms with Crippen LogP contribution in [0.3, 0.4) is 0 Å². The van der Waals surface area contributed by atoms with Crippen LogP contribution in [-0.2, 0) is 14.2 Å². The van der Waals surface area contributed by atoms with Crippen LogP contribution in [0.5, 0.6) is 0 Å². The maximum Gasteiger partial charge on any atom is 0.178 e. The van der Waals surface area contributed by atoms with Gasteiger partial charge in [0.05, 0.1) is 25.4 Å². The molecule has 5 nitrogen and oxygen atoms in total. The topological polar surface area (TPSA) is 68.2 Å². The van der Waals surface area contributed by atoms with Crippen molar-refractivity contribution >= 4 is 0 Å². The van der Waals surface area contributed by atoms with Gasteiger partial charge in [0.2, 0.25) is 0 Å². The Morgan fingerprint density at radius 3 is 1.33 bits per heavy atom. The molecule has 0 bridgehead atoms. The van der Waals surface area contributed by atoms with Crippen molar-refractivity contribution in [3.63, 3.8) is 0 Å². The van der Waals surface area contributed by atoms with Crippen LogP contribution in [-0.4, -0.2) is 48.2 Å². The summed E-state index contributed by atoms with van der Waals surface area (Å²) < 4.78 is 18.4. The van der Waals surface area contributed by atoms with Crippen molar-refractivity contribution in [2.75, 3.05) is 13.2 Å². The van der Waals surface area contributed by atoms with Gasteiger partial charge in [0.1, 0.15) is 0 Å². The van der Waals surface area contributed by atoms with Gasteiger partial charge in [-0.25, -0.2) is 0 Å². The molecule has 0 spiro atoms. The number of rotatable bonds is 18. The Bertz CT molecular complexity index is 1470. The SMILES string of the molecule is CC(C)CCC[C@@H](C)[C@H]1CC[C@H]2[C@@H]3CC=C4C[C@@H](OC(O)COCC(O)O[C@H]5CC[C@@]6(C)C(=CC[C@H]7[C@@H]8CC[C@H]([C@H](C)CCCC(C)C)[C@@]8(C)CC[C@@H]76)C5)CC[C@]4(C)[C@H]3CC[C@]12C. The smallest absolute Gasteiger partial charge is 0.178 e. The van der Waals surface area contributed by atoms with Crippen LogP contribution in [0.15, 0.2) is 23.3 Å². The van der Waals surface area contributed by atoms with Crippen molar-refractivity contribution in [3.05, 3.63) is 23.3 Å². The van der Waals surface area contributed by atoms with E-state index in [0.717, 1.165) is 110 Å². The molecule has 8 aliphatic carbocycles. The first-order valence-electron chi connectivity index (χ1n) is 27.6. The van der Waals surface area contributed by atoms with E-state index in [1.54, 1.807) is 11.1 Å². The zero-order valence-electron chi connectivity index (χ0n) is 42.5. The number of allylic oxidation sites excluding steroid dienone is 2. The first-order valence-corrected chi connectivity index (χ1v) is 27.6. The third-order valence-corrected chi connectivity index (χ3v) is 21.7. The van der Waals surface area contributed by atoms with Gasteiger partial charge in [-0.2, -0.15) is 0 Å². The molecule has 360 valence electrons. The molecule has 0 amide bonds. The molecule has 2 unspecified atom stereocenters. The number of aliphatic hydroxyl groups is 2. The quantitative estimate of drug-likeness (QED) is 0.106. The standard InChI is InChI=1S/C58H98O5/c1-37(2)13-11-15-39(5)47-21-23-49-45-19-17-41-33-43(25-29-55(41,7)51(45)27-31-57(47,49)9)62-53(59)35-61-36-54(60)63-44-26-30-56(8)42(34-44)18-20-46-50-24-22-48(40(6)16-12-14-38(3)4)58(50,10)32-28-52(46)56/h17-18,37-40,43-54,59-60H,11-16,19-36H2,1-10H3/t39-,40-,43+,44+,45+,46+,47-,48-,49+,50+,51+,52+,53?,54?,55+,56+,57-,58-/m1/s1. The minimum atomic E-state index is -0.992. The maximum absolute atomic E-state index is 11.0. The molecule has 8 aliphatic rings. The van der Waals surface area contributed by atoms with Crippen molar-refractivity contribution in [2.45, 2.75) is 235 Å². The van der Waals surface area contributed by atoms with E-state index in [2.05, 4.69) is 81.4 Å². The normalized spacial score (nSPS) is 44.0. The third-order valence-electron chi connectivity index (χ3n) is 21.7. The van der Waals surface area contributed by atoms with E-state index >= 15 is 0 Å². The average Bonchev–Trinajstić information content (AvgIpc) is 3.77. The monoisotopic (exact) mass is 875 g/mol. The van der Waals surface area contributed by atoms with Gasteiger partial charge in [-0.1, -0.05) is 131 Å². The van der Waals surface area contributed by atoms with Gasteiger partial charge >= 0.3 is 0 Å². The molecule has 0 heterocycles. The van der Waals surface area contributed by atoms with E-state index in [9.17, 15) is 10.2 Å². The van der Waals surface area contributed by atoms with Crippen molar-refractivity contribution in [2.24, 2.45) is 92.7 Å². The molecular formula is C58H98O5. The van der Waals surface area contributed by atoms with Crippen LogP contribution in [0.4, 0.5) is 0 Å². The fourth-order valence-electron chi connectivity index (χ4n) is 18.3. The van der Waals surface area contributed by atoms with Gasteiger partial charge in [-0.15, -0.1) is 0 Å². The molecule has 63 heavy (non-hydrogen) atoms. The number of ether oxygens (including phenoxy) is 3. The highest BCUT2D eigenvalue weighted by molar-refractivity contribution is 5.27. The highest BCUT2D eigenvalue weighted by Gasteiger charge is 2.61. The summed E-state index contributed by atoms with van der Waals surface area (Å²) in [6.07, 6.45) is 31.6. The molecule has 8 rings (SSSR count). The maximum atomic E-state index is 11.0. The van der Waals surface area contributed by atoms with Gasteiger partial charge in [0.15, 0.2) is 12.6 Å². The molecule has 0 saturated heterocycles. The largest absolute Gasteiger partial charge is 0.371 e. The first-order chi connectivity index (χ1) is 30.0. The zero-order chi connectivity index (χ0) is 44.9. The van der Waals surface area contributed by atoms with Crippen LogP contribution < -0.4 is 0 Å². The molecule has 6 fully saturated rings. The third kappa shape index (κ3) is 9.66. The summed E-state index contributed by atoms with van der Waals surface area (Å²) in [5.41, 5.74) is 4.75. The molecular weight excluding hydrogens is 777 g/mol. The minimum absolute atomic E-state index is 0.0214. The average molecular weight is 875 g/mol. The summed E-state index contributed by atoms with van der Waals surface area (Å²) in [5, 5.41) is 22.0. The molecule has 0 aromatic heterocycles. The van der Waals surface area contributed by atoms with Crippen LogP contribution in [0.2, 0.25) is 0 Å². The Labute approximate surface area is 387 Å². The summed E-state index contributed by atoms with van der Waals surface area (Å²) in [6.45, 7) is 25.3. The van der Waals surface area contributed by atoms with Crippen LogP contribution in [0.25, 0.3) is 0 Å². The lowest BCUT2D eigenvalue weighted by molar-refractivity contribution is -0.206. The van der Waals surface area contributed by atoms with Crippen LogP contribution in [0, 0.1) is 92.7 Å². The van der Waals surface area contributed by atoms with Crippen LogP contribution >= 0.6 is 0 Å². The summed E-state index contributed by atoms with van der Waals surface area (Å²) in [6, 6.07) is 0. The van der Waals surface area contributed by atoms with Crippen molar-refractivity contribution in [1.82, 2.24) is 0 Å². The van der Waals surface area contributed by atoms with E-state index in [1.165, 1.54) is 103 Å². The Morgan fingerprint density at radius 1 is 0.524 bits per heavy atom. The van der Waals surface area contributed by atoms with Gasteiger partial charge in [0, 0.05) is 0 Å². The van der Waals surface area contributed by atoms with E-state index in [4.69, 9.17) is 14.2 Å². The van der Waals surface area contributed by atoms with E-state index in [-0.39, 0.29) is 36.3 Å². The lowest BCUT2D eigenvalue weighted by Crippen LogP contribution is -2.51. The molecule has 0 aromatic carbocycles. The number of hydrogen-bond donors (Lipinski definition) is 2. The van der Waals surface area contributed by atoms with E-state index in [0.29, 0.717) is 10.8 Å². The molecule has 2 N–H and O–H groups in total. The second kappa shape index (κ2) is 19.7. The zero-order valence-corrected chi connectivity index (χ0v) is 42.5. The van der Waals surface area contributed by atoms with Gasteiger partial charge in [0.25, 0.3) is 0 Å². The molecule has 5 heteroatoms. The molecule has 6 saturated carbocycles. The molecule has 18 atom stereocenters. The second-order valence-electron chi connectivity index (χ2n) is 26.0. The van der Waals surface area contributed by atoms with Gasteiger partial charge in [-0.3, -0.25) is 0 Å². The Morgan fingerprint density at radius 2 is 0.937 bits per heavy atom. The molecule has 0 aliphatic heterocycles. The summed E-state index contributed by atoms with van der Waals surface area (Å²) in [5.74, 6) is 10.1. The summed E-state index contributed by atoms with van der Waals surface area (Å²) in [7, 11) is 0. The second-order valence-corrected chi connectivity index (χ2v) is 26.0. The van der Waals surface area contributed by atoms with Crippen molar-refractivity contribution in [3.8, 4) is 0 Å². The first kappa shape index (κ1) is 48.7. The lowest BCUT2D eigenvalue weighted by atomic mass is 9.47. The fraction of sp³-hybridized carbons (Fsp3) is 0.931.